The number of nitrogens with one attached hydrogen (secondary N) is 2. The molecule has 2 saturated carbocycles. The maximum Gasteiger partial charge on any atom is 0.325 e. The largest absolute Gasteiger partial charge is 0.480 e. The predicted octanol–water partition coefficient (Wildman–Crippen LogP) is 7.44. The van der Waals surface area contributed by atoms with Gasteiger partial charge in [0, 0.05) is 45.0 Å². The van der Waals surface area contributed by atoms with Crippen molar-refractivity contribution >= 4 is 23.8 Å². The molecule has 0 unspecified atom stereocenters. The van der Waals surface area contributed by atoms with Crippen LogP contribution in [0.2, 0.25) is 0 Å². The summed E-state index contributed by atoms with van der Waals surface area (Å²) >= 11 is 0. The van der Waals surface area contributed by atoms with E-state index in [0.29, 0.717) is 70.1 Å². The number of carboxylic acids is 1. The number of ether oxygens (including phenoxy) is 1. The molecule has 2 fully saturated rings. The SMILES string of the molecule is C#Cc1cc(-c2cccc(C#N)c2)nc(NCC(=O)OC)n1.N#Cc1cccc(-c2cc(-c3cn(Cc4cccc(C5CC5)n4)nn3)nc(NCC(=O)O)n2)c1.[N-]=[N+]=NCc1cccc(C2CC2)n1. The van der Waals surface area contributed by atoms with Gasteiger partial charge in [-0.3, -0.25) is 19.6 Å². The number of aromatic nitrogens is 9. The number of hydrogen-bond donors (Lipinski definition) is 3. The Morgan fingerprint density at radius 1 is 0.768 bits per heavy atom. The van der Waals surface area contributed by atoms with E-state index in [-0.39, 0.29) is 25.0 Å². The number of anilines is 2. The number of nitriles is 2. The third kappa shape index (κ3) is 14.0. The Kier molecular flexibility index (Phi) is 15.8. The molecule has 3 N–H and O–H groups in total. The number of hydrogen-bond acceptors (Lipinski definition) is 16. The Labute approximate surface area is 395 Å². The fourth-order valence-corrected chi connectivity index (χ4v) is 6.58. The molecular formula is C49H42N16O4. The predicted molar refractivity (Wildman–Crippen MR) is 252 cm³/mol. The van der Waals surface area contributed by atoms with Crippen LogP contribution in [0.1, 0.15) is 77.1 Å². The first-order valence-corrected chi connectivity index (χ1v) is 21.5. The number of methoxy groups -OCH3 is 1. The van der Waals surface area contributed by atoms with Crippen molar-refractivity contribution in [1.29, 1.82) is 10.5 Å². The first-order chi connectivity index (χ1) is 33.6. The molecule has 0 aliphatic heterocycles. The van der Waals surface area contributed by atoms with Crippen LogP contribution in [-0.2, 0) is 27.4 Å². The lowest BCUT2D eigenvalue weighted by Gasteiger charge is -2.08. The number of rotatable bonds is 15. The lowest BCUT2D eigenvalue weighted by atomic mass is 10.1. The second kappa shape index (κ2) is 23.1. The normalized spacial score (nSPS) is 12.1. The van der Waals surface area contributed by atoms with Crippen LogP contribution in [0.4, 0.5) is 11.9 Å². The first kappa shape index (κ1) is 47.4. The van der Waals surface area contributed by atoms with Crippen molar-refractivity contribution in [2.24, 2.45) is 5.11 Å². The van der Waals surface area contributed by atoms with Crippen molar-refractivity contribution in [3.8, 4) is 58.4 Å². The van der Waals surface area contributed by atoms with Gasteiger partial charge < -0.3 is 20.5 Å². The Bertz CT molecular complexity index is 3160. The van der Waals surface area contributed by atoms with E-state index in [1.807, 2.05) is 42.5 Å². The molecule has 0 radical (unpaired) electrons. The average Bonchev–Trinajstić information content (AvgIpc) is 4.35. The standard InChI is InChI=1S/C24H20N8O2.C16H12N4O2.C9H10N4/c25-11-15-3-1-4-17(9-15)20-10-21(29-24(28-20)26-12-23(33)34)22-14-32(31-30-22)13-18-5-2-6-19(27-18)16-7-8-16;1-3-13-8-14(12-6-4-5-11(7-12)9-17)20-16(19-13)18-10-15(21)22-2;10-13-11-6-8-2-1-3-9(12-8)7-4-5-7/h1-6,9-10,14,16H,7-8,12-13H2,(H,33,34)(H,26,28,29);1,4-8H,10H2,2H3,(H,18,19,20);1-3,7H,4-6H2. The Morgan fingerprint density at radius 2 is 1.33 bits per heavy atom. The molecule has 7 aromatic rings. The number of carbonyl (C=O) groups is 2. The van der Waals surface area contributed by atoms with E-state index in [0.717, 1.165) is 28.3 Å². The van der Waals surface area contributed by atoms with E-state index in [1.165, 1.54) is 32.8 Å². The zero-order valence-electron chi connectivity index (χ0n) is 37.1. The van der Waals surface area contributed by atoms with Gasteiger partial charge in [0.25, 0.3) is 0 Å². The molecule has 0 spiro atoms. The minimum absolute atomic E-state index is 0.0673. The van der Waals surface area contributed by atoms with Crippen LogP contribution in [0, 0.1) is 35.0 Å². The lowest BCUT2D eigenvalue weighted by molar-refractivity contribution is -0.138. The summed E-state index contributed by atoms with van der Waals surface area (Å²) in [7, 11) is 1.29. The van der Waals surface area contributed by atoms with Crippen LogP contribution >= 0.6 is 0 Å². The monoisotopic (exact) mass is 918 g/mol. The number of azide groups is 1. The number of aliphatic carboxylic acids is 1. The molecule has 0 bridgehead atoms. The van der Waals surface area contributed by atoms with E-state index in [1.54, 1.807) is 59.4 Å². The highest BCUT2D eigenvalue weighted by atomic mass is 16.5. The molecular weight excluding hydrogens is 877 g/mol. The molecule has 5 aromatic heterocycles. The van der Waals surface area contributed by atoms with Crippen molar-refractivity contribution < 1.29 is 19.4 Å². The Hall–Kier alpha value is -9.57. The van der Waals surface area contributed by atoms with Gasteiger partial charge in [-0.15, -0.1) is 11.5 Å². The second-order valence-corrected chi connectivity index (χ2v) is 15.5. The lowest BCUT2D eigenvalue weighted by Crippen LogP contribution is -2.17. The molecule has 5 heterocycles. The van der Waals surface area contributed by atoms with E-state index < -0.39 is 11.9 Å². The van der Waals surface area contributed by atoms with Gasteiger partial charge in [0.1, 0.15) is 24.5 Å². The maximum absolute atomic E-state index is 11.2. The van der Waals surface area contributed by atoms with Crippen LogP contribution < -0.4 is 10.6 Å². The highest BCUT2D eigenvalue weighted by molar-refractivity contribution is 5.75. The maximum atomic E-state index is 11.2. The fraction of sp³-hybridized carbons (Fsp3) is 0.224. The fourth-order valence-electron chi connectivity index (χ4n) is 6.58. The topological polar surface area (TPSA) is 292 Å². The van der Waals surface area contributed by atoms with Gasteiger partial charge in [-0.1, -0.05) is 52.6 Å². The van der Waals surface area contributed by atoms with E-state index in [4.69, 9.17) is 27.3 Å². The number of benzene rings is 2. The molecule has 0 atom stereocenters. The zero-order chi connectivity index (χ0) is 48.5. The molecule has 2 aliphatic rings. The molecule has 20 nitrogen and oxygen atoms in total. The van der Waals surface area contributed by atoms with Crippen LogP contribution in [0.5, 0.6) is 0 Å². The van der Waals surface area contributed by atoms with Crippen LogP contribution in [0.25, 0.3) is 44.3 Å². The quantitative estimate of drug-likeness (QED) is 0.0296. The van der Waals surface area contributed by atoms with E-state index in [9.17, 15) is 14.9 Å². The van der Waals surface area contributed by atoms with Crippen LogP contribution in [0.3, 0.4) is 0 Å². The zero-order valence-corrected chi connectivity index (χ0v) is 37.1. The molecule has 2 aromatic carbocycles. The van der Waals surface area contributed by atoms with Crippen LogP contribution in [0.15, 0.2) is 108 Å². The number of terminal acetylenes is 1. The van der Waals surface area contributed by atoms with Gasteiger partial charge in [-0.25, -0.2) is 24.6 Å². The van der Waals surface area contributed by atoms with Crippen molar-refractivity contribution in [3.63, 3.8) is 0 Å². The molecule has 0 amide bonds. The first-order valence-electron chi connectivity index (χ1n) is 21.5. The smallest absolute Gasteiger partial charge is 0.325 e. The summed E-state index contributed by atoms with van der Waals surface area (Å²) in [6, 6.07) is 33.5. The highest BCUT2D eigenvalue weighted by Crippen LogP contribution is 2.39. The van der Waals surface area contributed by atoms with E-state index in [2.05, 4.69) is 84.8 Å². The van der Waals surface area contributed by atoms with Gasteiger partial charge >= 0.3 is 11.9 Å². The third-order valence-corrected chi connectivity index (χ3v) is 10.3. The van der Waals surface area contributed by atoms with Gasteiger partial charge in [0.2, 0.25) is 11.9 Å². The Balaban J connectivity index is 0.000000171. The molecule has 20 heteroatoms. The van der Waals surface area contributed by atoms with Gasteiger partial charge in [0.05, 0.1) is 72.4 Å². The molecule has 69 heavy (non-hydrogen) atoms. The molecule has 342 valence electrons. The molecule has 9 rings (SSSR count). The van der Waals surface area contributed by atoms with E-state index >= 15 is 0 Å². The summed E-state index contributed by atoms with van der Waals surface area (Å²) in [4.78, 5) is 51.3. The van der Waals surface area contributed by atoms with Crippen LogP contribution in [-0.4, -0.2) is 82.1 Å². The number of pyridine rings is 2. The summed E-state index contributed by atoms with van der Waals surface area (Å²) in [6.45, 7) is 0.427. The second-order valence-electron chi connectivity index (χ2n) is 15.5. The number of esters is 1. The molecule has 2 aliphatic carbocycles. The summed E-state index contributed by atoms with van der Waals surface area (Å²) in [5, 5.41) is 44.6. The van der Waals surface area contributed by atoms with Crippen molar-refractivity contribution in [2.45, 2.75) is 50.6 Å². The highest BCUT2D eigenvalue weighted by Gasteiger charge is 2.25. The van der Waals surface area contributed by atoms with Gasteiger partial charge in [0.15, 0.2) is 0 Å². The summed E-state index contributed by atoms with van der Waals surface area (Å²) in [5.74, 6) is 2.55. The van der Waals surface area contributed by atoms with Crippen molar-refractivity contribution in [1.82, 2.24) is 44.9 Å². The third-order valence-electron chi connectivity index (χ3n) is 10.3. The van der Waals surface area contributed by atoms with Gasteiger partial charge in [-0.05, 0) is 91.9 Å². The number of carboxylic acid groups (broad SMARTS) is 1. The summed E-state index contributed by atoms with van der Waals surface area (Å²) < 4.78 is 6.23. The van der Waals surface area contributed by atoms with Crippen molar-refractivity contribution in [3.05, 3.63) is 153 Å². The number of carbonyl (C=O) groups excluding carboxylic acids is 1. The molecule has 0 saturated heterocycles. The number of nitrogens with zero attached hydrogens (tertiary/aromatic N) is 14. The Morgan fingerprint density at radius 3 is 1.91 bits per heavy atom. The average molecular weight is 919 g/mol. The van der Waals surface area contributed by atoms with Crippen molar-refractivity contribution in [2.75, 3.05) is 30.8 Å². The summed E-state index contributed by atoms with van der Waals surface area (Å²) in [6.07, 6.45) is 12.0. The summed E-state index contributed by atoms with van der Waals surface area (Å²) in [5.41, 5.74) is 17.1. The minimum atomic E-state index is -1.03. The minimum Gasteiger partial charge on any atom is -0.480 e. The van der Waals surface area contributed by atoms with Gasteiger partial charge in [-0.2, -0.15) is 10.5 Å².